The number of carbonyl (C=O) groups excluding carboxylic acids is 1. The minimum atomic E-state index is -0.411. The lowest BCUT2D eigenvalue weighted by Crippen LogP contribution is -2.16. The van der Waals surface area contributed by atoms with E-state index in [-0.39, 0.29) is 12.4 Å². The molecule has 0 aliphatic heterocycles. The smallest absolute Gasteiger partial charge is 0.183 e. The lowest BCUT2D eigenvalue weighted by molar-refractivity contribution is -0.126. The van der Waals surface area contributed by atoms with E-state index in [0.717, 1.165) is 6.42 Å². The third-order valence-corrected chi connectivity index (χ3v) is 2.34. The molecule has 0 aromatic heterocycles. The summed E-state index contributed by atoms with van der Waals surface area (Å²) in [4.78, 5) is 10.7. The molecule has 0 aliphatic rings. The van der Waals surface area contributed by atoms with Crippen molar-refractivity contribution in [3.8, 4) is 0 Å². The standard InChI is InChI=1S/C11H22O3/c1-3-5-6-10(4-2)8-14-9-11(13)7-12/h10,12H,3-9H2,1-2H3. The van der Waals surface area contributed by atoms with Crippen LogP contribution in [0.1, 0.15) is 39.5 Å². The molecule has 0 saturated carbocycles. The molecular weight excluding hydrogens is 180 g/mol. The number of unbranched alkanes of at least 4 members (excludes halogenated alkanes) is 1. The maximum atomic E-state index is 10.7. The average molecular weight is 202 g/mol. The lowest BCUT2D eigenvalue weighted by Gasteiger charge is -2.13. The maximum absolute atomic E-state index is 10.7. The van der Waals surface area contributed by atoms with Gasteiger partial charge in [0.05, 0.1) is 0 Å². The van der Waals surface area contributed by atoms with Gasteiger partial charge in [-0.3, -0.25) is 4.79 Å². The molecule has 0 spiro atoms. The van der Waals surface area contributed by atoms with Gasteiger partial charge in [0.25, 0.3) is 0 Å². The fourth-order valence-corrected chi connectivity index (χ4v) is 1.28. The van der Waals surface area contributed by atoms with Crippen LogP contribution in [0, 0.1) is 5.92 Å². The van der Waals surface area contributed by atoms with Gasteiger partial charge in [0.1, 0.15) is 13.2 Å². The molecule has 0 amide bonds. The van der Waals surface area contributed by atoms with Gasteiger partial charge in [0, 0.05) is 6.61 Å². The first-order valence-corrected chi connectivity index (χ1v) is 5.44. The Morgan fingerprint density at radius 1 is 1.43 bits per heavy atom. The van der Waals surface area contributed by atoms with Crippen LogP contribution >= 0.6 is 0 Å². The van der Waals surface area contributed by atoms with Gasteiger partial charge < -0.3 is 9.84 Å². The summed E-state index contributed by atoms with van der Waals surface area (Å²) in [6.07, 6.45) is 4.68. The van der Waals surface area contributed by atoms with Crippen LogP contribution in [-0.2, 0) is 9.53 Å². The summed E-state index contributed by atoms with van der Waals surface area (Å²) in [5.41, 5.74) is 0. The van der Waals surface area contributed by atoms with Gasteiger partial charge in [-0.1, -0.05) is 33.1 Å². The number of rotatable bonds is 9. The summed E-state index contributed by atoms with van der Waals surface area (Å²) in [7, 11) is 0. The Morgan fingerprint density at radius 3 is 2.64 bits per heavy atom. The second-order valence-corrected chi connectivity index (χ2v) is 3.63. The summed E-state index contributed by atoms with van der Waals surface area (Å²) >= 11 is 0. The van der Waals surface area contributed by atoms with Crippen LogP contribution in [0.25, 0.3) is 0 Å². The highest BCUT2D eigenvalue weighted by molar-refractivity contribution is 5.80. The highest BCUT2D eigenvalue weighted by atomic mass is 16.5. The molecule has 3 nitrogen and oxygen atoms in total. The molecule has 1 atom stereocenters. The summed E-state index contributed by atoms with van der Waals surface area (Å²) in [6, 6.07) is 0. The van der Waals surface area contributed by atoms with Crippen molar-refractivity contribution in [2.24, 2.45) is 5.92 Å². The highest BCUT2D eigenvalue weighted by Crippen LogP contribution is 2.12. The third kappa shape index (κ3) is 7.04. The van der Waals surface area contributed by atoms with E-state index < -0.39 is 6.61 Å². The molecule has 0 aliphatic carbocycles. The first-order chi connectivity index (χ1) is 6.74. The minimum Gasteiger partial charge on any atom is -0.388 e. The zero-order valence-electron chi connectivity index (χ0n) is 9.29. The zero-order chi connectivity index (χ0) is 10.8. The Morgan fingerprint density at radius 2 is 2.14 bits per heavy atom. The first-order valence-electron chi connectivity index (χ1n) is 5.44. The lowest BCUT2D eigenvalue weighted by atomic mass is 10.0. The number of carbonyl (C=O) groups is 1. The Kier molecular flexibility index (Phi) is 8.89. The van der Waals surface area contributed by atoms with Crippen LogP contribution in [0.3, 0.4) is 0 Å². The zero-order valence-corrected chi connectivity index (χ0v) is 9.29. The fourth-order valence-electron chi connectivity index (χ4n) is 1.28. The van der Waals surface area contributed by atoms with Gasteiger partial charge in [-0.25, -0.2) is 0 Å². The number of Topliss-reactive ketones (excluding diaryl/α,β-unsaturated/α-hetero) is 1. The van der Waals surface area contributed by atoms with Gasteiger partial charge in [0.15, 0.2) is 5.78 Å². The van der Waals surface area contributed by atoms with Gasteiger partial charge >= 0.3 is 0 Å². The topological polar surface area (TPSA) is 46.5 Å². The predicted octanol–water partition coefficient (Wildman–Crippen LogP) is 1.78. The van der Waals surface area contributed by atoms with Crippen LogP contribution in [0.2, 0.25) is 0 Å². The number of ether oxygens (including phenoxy) is 1. The number of aliphatic hydroxyl groups excluding tert-OH is 1. The molecule has 0 saturated heterocycles. The first kappa shape index (κ1) is 13.6. The van der Waals surface area contributed by atoms with Crippen molar-refractivity contribution in [1.29, 1.82) is 0 Å². The molecule has 1 unspecified atom stereocenters. The molecule has 0 rings (SSSR count). The van der Waals surface area contributed by atoms with E-state index in [4.69, 9.17) is 9.84 Å². The normalized spacial score (nSPS) is 12.8. The molecule has 84 valence electrons. The van der Waals surface area contributed by atoms with Crippen LogP contribution in [0.4, 0.5) is 0 Å². The predicted molar refractivity (Wildman–Crippen MR) is 56.2 cm³/mol. The van der Waals surface area contributed by atoms with E-state index in [9.17, 15) is 4.79 Å². The molecule has 0 fully saturated rings. The van der Waals surface area contributed by atoms with Crippen LogP contribution in [0.5, 0.6) is 0 Å². The molecular formula is C11H22O3. The van der Waals surface area contributed by atoms with E-state index in [1.54, 1.807) is 0 Å². The van der Waals surface area contributed by atoms with Crippen LogP contribution < -0.4 is 0 Å². The second-order valence-electron chi connectivity index (χ2n) is 3.63. The summed E-state index contributed by atoms with van der Waals surface area (Å²) < 4.78 is 5.23. The van der Waals surface area contributed by atoms with Crippen LogP contribution in [0.15, 0.2) is 0 Å². The van der Waals surface area contributed by atoms with E-state index in [1.807, 2.05) is 0 Å². The van der Waals surface area contributed by atoms with E-state index in [2.05, 4.69) is 13.8 Å². The Labute approximate surface area is 86.5 Å². The van der Waals surface area contributed by atoms with Crippen molar-refractivity contribution in [2.75, 3.05) is 19.8 Å². The van der Waals surface area contributed by atoms with Gasteiger partial charge in [-0.05, 0) is 12.3 Å². The van der Waals surface area contributed by atoms with E-state index in [0.29, 0.717) is 12.5 Å². The highest BCUT2D eigenvalue weighted by Gasteiger charge is 2.07. The molecule has 0 aromatic rings. The quantitative estimate of drug-likeness (QED) is 0.620. The SMILES string of the molecule is CCCCC(CC)COCC(=O)CO. The molecule has 0 radical (unpaired) electrons. The average Bonchev–Trinajstić information content (AvgIpc) is 2.22. The number of ketones is 1. The number of aliphatic hydroxyl groups is 1. The molecule has 3 heteroatoms. The van der Waals surface area contributed by atoms with Crippen molar-refractivity contribution in [3.63, 3.8) is 0 Å². The molecule has 0 aromatic carbocycles. The monoisotopic (exact) mass is 202 g/mol. The van der Waals surface area contributed by atoms with Crippen molar-refractivity contribution < 1.29 is 14.6 Å². The van der Waals surface area contributed by atoms with Crippen LogP contribution in [-0.4, -0.2) is 30.7 Å². The van der Waals surface area contributed by atoms with Crippen molar-refractivity contribution in [2.45, 2.75) is 39.5 Å². The van der Waals surface area contributed by atoms with Crippen molar-refractivity contribution in [1.82, 2.24) is 0 Å². The Hall–Kier alpha value is -0.410. The van der Waals surface area contributed by atoms with Gasteiger partial charge in [-0.15, -0.1) is 0 Å². The minimum absolute atomic E-state index is 0.0547. The molecule has 0 heterocycles. The fraction of sp³-hybridized carbons (Fsp3) is 0.909. The van der Waals surface area contributed by atoms with Gasteiger partial charge in [0.2, 0.25) is 0 Å². The maximum Gasteiger partial charge on any atom is 0.183 e. The van der Waals surface area contributed by atoms with E-state index >= 15 is 0 Å². The number of hydrogen-bond acceptors (Lipinski definition) is 3. The largest absolute Gasteiger partial charge is 0.388 e. The third-order valence-electron chi connectivity index (χ3n) is 2.34. The molecule has 0 bridgehead atoms. The van der Waals surface area contributed by atoms with Crippen molar-refractivity contribution in [3.05, 3.63) is 0 Å². The summed E-state index contributed by atoms with van der Waals surface area (Å²) in [5.74, 6) is 0.316. The number of hydrogen-bond donors (Lipinski definition) is 1. The van der Waals surface area contributed by atoms with Gasteiger partial charge in [-0.2, -0.15) is 0 Å². The Balaban J connectivity index is 3.46. The Bertz CT molecular complexity index is 145. The summed E-state index contributed by atoms with van der Waals surface area (Å²) in [6.45, 7) is 4.59. The van der Waals surface area contributed by atoms with Crippen molar-refractivity contribution >= 4 is 5.78 Å². The molecule has 14 heavy (non-hydrogen) atoms. The molecule has 1 N–H and O–H groups in total. The van der Waals surface area contributed by atoms with E-state index in [1.165, 1.54) is 19.3 Å². The summed E-state index contributed by atoms with van der Waals surface area (Å²) in [5, 5.41) is 8.47. The second kappa shape index (κ2) is 9.16.